The molecule has 1 aliphatic rings. The summed E-state index contributed by atoms with van der Waals surface area (Å²) >= 11 is 1.57. The number of nitrogens with zero attached hydrogens (tertiary/aromatic N) is 1. The Labute approximate surface area is 130 Å². The minimum absolute atomic E-state index is 0.00389. The van der Waals surface area contributed by atoms with Crippen molar-refractivity contribution in [1.29, 1.82) is 0 Å². The standard InChI is InChI=1S/C14H22N2O3S2/c1-4-10(2)12-14(17)16(6-8-21(3,18)19)13(15-12)11-5-7-20-9-11/h5,7,9-10,12-13,15H,4,6,8H2,1-3H3. The first-order valence-corrected chi connectivity index (χ1v) is 10.1. The molecule has 0 saturated carbocycles. The molecule has 1 N–H and O–H groups in total. The van der Waals surface area contributed by atoms with E-state index in [2.05, 4.69) is 12.2 Å². The van der Waals surface area contributed by atoms with E-state index in [4.69, 9.17) is 0 Å². The second-order valence-electron chi connectivity index (χ2n) is 5.65. The molecule has 1 aromatic rings. The lowest BCUT2D eigenvalue weighted by Gasteiger charge is -2.23. The van der Waals surface area contributed by atoms with Gasteiger partial charge in [0, 0.05) is 12.8 Å². The molecule has 1 aromatic heterocycles. The molecule has 0 spiro atoms. The van der Waals surface area contributed by atoms with E-state index in [-0.39, 0.29) is 36.3 Å². The van der Waals surface area contributed by atoms with Gasteiger partial charge < -0.3 is 4.90 Å². The van der Waals surface area contributed by atoms with E-state index >= 15 is 0 Å². The zero-order valence-electron chi connectivity index (χ0n) is 12.6. The number of hydrogen-bond donors (Lipinski definition) is 1. The molecule has 7 heteroatoms. The maximum atomic E-state index is 12.6. The summed E-state index contributed by atoms with van der Waals surface area (Å²) in [6.07, 6.45) is 1.89. The first-order valence-electron chi connectivity index (χ1n) is 7.10. The number of carbonyl (C=O) groups excluding carboxylic acids is 1. The number of carbonyl (C=O) groups is 1. The lowest BCUT2D eigenvalue weighted by molar-refractivity contribution is -0.130. The van der Waals surface area contributed by atoms with Crippen LogP contribution in [0.3, 0.4) is 0 Å². The van der Waals surface area contributed by atoms with Crippen molar-refractivity contribution < 1.29 is 13.2 Å². The van der Waals surface area contributed by atoms with Crippen molar-refractivity contribution in [3.63, 3.8) is 0 Å². The summed E-state index contributed by atoms with van der Waals surface area (Å²) in [5.74, 6) is 0.222. The third-order valence-electron chi connectivity index (χ3n) is 3.97. The van der Waals surface area contributed by atoms with Crippen molar-refractivity contribution in [2.45, 2.75) is 32.5 Å². The first-order chi connectivity index (χ1) is 9.83. The van der Waals surface area contributed by atoms with E-state index in [9.17, 15) is 13.2 Å². The fourth-order valence-corrected chi connectivity index (χ4v) is 3.70. The Kier molecular flexibility index (Phi) is 5.06. The fourth-order valence-electron chi connectivity index (χ4n) is 2.49. The number of sulfone groups is 1. The predicted octanol–water partition coefficient (Wildman–Crippen LogP) is 1.64. The highest BCUT2D eigenvalue weighted by atomic mass is 32.2. The molecular weight excluding hydrogens is 308 g/mol. The van der Waals surface area contributed by atoms with Crippen LogP contribution in [0, 0.1) is 5.92 Å². The van der Waals surface area contributed by atoms with Gasteiger partial charge in [0.1, 0.15) is 16.0 Å². The van der Waals surface area contributed by atoms with Gasteiger partial charge in [0.25, 0.3) is 0 Å². The Morgan fingerprint density at radius 1 is 1.48 bits per heavy atom. The zero-order chi connectivity index (χ0) is 15.6. The van der Waals surface area contributed by atoms with Gasteiger partial charge >= 0.3 is 0 Å². The van der Waals surface area contributed by atoms with Gasteiger partial charge in [-0.15, -0.1) is 0 Å². The molecule has 2 rings (SSSR count). The Morgan fingerprint density at radius 3 is 2.71 bits per heavy atom. The van der Waals surface area contributed by atoms with E-state index in [1.54, 1.807) is 16.2 Å². The monoisotopic (exact) mass is 330 g/mol. The van der Waals surface area contributed by atoms with Gasteiger partial charge in [-0.3, -0.25) is 10.1 Å². The minimum Gasteiger partial charge on any atom is -0.320 e. The fraction of sp³-hybridized carbons (Fsp3) is 0.643. The Balaban J connectivity index is 2.21. The first kappa shape index (κ1) is 16.5. The van der Waals surface area contributed by atoms with E-state index < -0.39 is 9.84 Å². The van der Waals surface area contributed by atoms with Crippen LogP contribution in [-0.4, -0.2) is 43.8 Å². The van der Waals surface area contributed by atoms with Crippen molar-refractivity contribution in [3.05, 3.63) is 22.4 Å². The van der Waals surface area contributed by atoms with Gasteiger partial charge in [0.2, 0.25) is 5.91 Å². The lowest BCUT2D eigenvalue weighted by atomic mass is 9.99. The number of hydrogen-bond acceptors (Lipinski definition) is 5. The topological polar surface area (TPSA) is 66.5 Å². The summed E-state index contributed by atoms with van der Waals surface area (Å²) in [6, 6.07) is 1.74. The van der Waals surface area contributed by atoms with Crippen LogP contribution < -0.4 is 5.32 Å². The maximum Gasteiger partial charge on any atom is 0.241 e. The highest BCUT2D eigenvalue weighted by Crippen LogP contribution is 2.30. The highest BCUT2D eigenvalue weighted by molar-refractivity contribution is 7.90. The summed E-state index contributed by atoms with van der Waals surface area (Å²) in [7, 11) is -3.09. The SMILES string of the molecule is CCC(C)C1NC(c2ccsc2)N(CCS(C)(=O)=O)C1=O. The third kappa shape index (κ3) is 3.84. The third-order valence-corrected chi connectivity index (χ3v) is 5.60. The average Bonchev–Trinajstić information content (AvgIpc) is 3.02. The smallest absolute Gasteiger partial charge is 0.241 e. The van der Waals surface area contributed by atoms with Crippen molar-refractivity contribution in [2.24, 2.45) is 5.92 Å². The summed E-state index contributed by atoms with van der Waals surface area (Å²) in [5.41, 5.74) is 1.02. The van der Waals surface area contributed by atoms with Crippen LogP contribution in [0.1, 0.15) is 32.0 Å². The second kappa shape index (κ2) is 6.46. The molecule has 5 nitrogen and oxygen atoms in total. The highest BCUT2D eigenvalue weighted by Gasteiger charge is 2.41. The quantitative estimate of drug-likeness (QED) is 0.861. The molecule has 0 radical (unpaired) electrons. The van der Waals surface area contributed by atoms with E-state index in [0.29, 0.717) is 0 Å². The van der Waals surface area contributed by atoms with Crippen LogP contribution in [0.15, 0.2) is 16.8 Å². The molecule has 1 amide bonds. The molecule has 0 aromatic carbocycles. The molecule has 0 bridgehead atoms. The summed E-state index contributed by atoms with van der Waals surface area (Å²) in [6.45, 7) is 4.33. The van der Waals surface area contributed by atoms with Gasteiger partial charge in [-0.1, -0.05) is 20.3 Å². The van der Waals surface area contributed by atoms with E-state index in [0.717, 1.165) is 12.0 Å². The van der Waals surface area contributed by atoms with Gasteiger partial charge in [0.05, 0.1) is 11.8 Å². The van der Waals surface area contributed by atoms with E-state index in [1.165, 1.54) is 6.26 Å². The second-order valence-corrected chi connectivity index (χ2v) is 8.69. The normalized spacial score (nSPS) is 24.5. The maximum absolute atomic E-state index is 12.6. The van der Waals surface area contributed by atoms with Crippen LogP contribution in [0.25, 0.3) is 0 Å². The van der Waals surface area contributed by atoms with Crippen molar-refractivity contribution in [1.82, 2.24) is 10.2 Å². The largest absolute Gasteiger partial charge is 0.320 e. The number of amides is 1. The predicted molar refractivity (Wildman–Crippen MR) is 84.9 cm³/mol. The molecular formula is C14H22N2O3S2. The van der Waals surface area contributed by atoms with Crippen LogP contribution in [-0.2, 0) is 14.6 Å². The molecule has 0 aliphatic carbocycles. The van der Waals surface area contributed by atoms with Crippen LogP contribution >= 0.6 is 11.3 Å². The number of nitrogens with one attached hydrogen (secondary N) is 1. The number of thiophene rings is 1. The zero-order valence-corrected chi connectivity index (χ0v) is 14.2. The summed E-state index contributed by atoms with van der Waals surface area (Å²) in [4.78, 5) is 14.3. The molecule has 2 heterocycles. The van der Waals surface area contributed by atoms with E-state index in [1.807, 2.05) is 23.8 Å². The Hall–Kier alpha value is -0.920. The summed E-state index contributed by atoms with van der Waals surface area (Å²) < 4.78 is 22.8. The van der Waals surface area contributed by atoms with Gasteiger partial charge in [-0.25, -0.2) is 8.42 Å². The van der Waals surface area contributed by atoms with Crippen molar-refractivity contribution >= 4 is 27.1 Å². The van der Waals surface area contributed by atoms with Crippen molar-refractivity contribution in [2.75, 3.05) is 18.6 Å². The molecule has 21 heavy (non-hydrogen) atoms. The number of rotatable bonds is 6. The average molecular weight is 330 g/mol. The van der Waals surface area contributed by atoms with Crippen molar-refractivity contribution in [3.8, 4) is 0 Å². The molecule has 3 unspecified atom stereocenters. The van der Waals surface area contributed by atoms with Gasteiger partial charge in [-0.05, 0) is 28.3 Å². The molecule has 1 fully saturated rings. The van der Waals surface area contributed by atoms with Crippen LogP contribution in [0.2, 0.25) is 0 Å². The molecule has 118 valence electrons. The molecule has 3 atom stereocenters. The van der Waals surface area contributed by atoms with Crippen LogP contribution in [0.5, 0.6) is 0 Å². The molecule has 1 saturated heterocycles. The minimum atomic E-state index is -3.09. The van der Waals surface area contributed by atoms with Gasteiger partial charge in [0.15, 0.2) is 0 Å². The summed E-state index contributed by atoms with van der Waals surface area (Å²) in [5, 5.41) is 7.33. The Bertz CT molecular complexity index is 583. The van der Waals surface area contributed by atoms with Crippen LogP contribution in [0.4, 0.5) is 0 Å². The lowest BCUT2D eigenvalue weighted by Crippen LogP contribution is -2.37. The van der Waals surface area contributed by atoms with Gasteiger partial charge in [-0.2, -0.15) is 11.3 Å². The Morgan fingerprint density at radius 2 is 2.19 bits per heavy atom. The molecule has 1 aliphatic heterocycles.